The van der Waals surface area contributed by atoms with Crippen molar-refractivity contribution in [1.29, 1.82) is 0 Å². The van der Waals surface area contributed by atoms with E-state index >= 15 is 0 Å². The molecule has 2 aromatic carbocycles. The Kier molecular flexibility index (Phi) is 5.33. The van der Waals surface area contributed by atoms with Crippen LogP contribution in [0, 0.1) is 0 Å². The van der Waals surface area contributed by atoms with Crippen molar-refractivity contribution in [3.63, 3.8) is 0 Å². The van der Waals surface area contributed by atoms with Gasteiger partial charge in [0, 0.05) is 5.56 Å². The van der Waals surface area contributed by atoms with Crippen LogP contribution in [0.2, 0.25) is 0 Å². The number of aliphatic carboxylic acids is 1. The number of hydrogen-bond acceptors (Lipinski definition) is 4. The molecule has 0 aliphatic heterocycles. The molecule has 0 radical (unpaired) electrons. The third-order valence-electron chi connectivity index (χ3n) is 4.25. The Morgan fingerprint density at radius 3 is 2.12 bits per heavy atom. The summed E-state index contributed by atoms with van der Waals surface area (Å²) in [5.41, 5.74) is 2.93. The van der Waals surface area contributed by atoms with Gasteiger partial charge in [0.15, 0.2) is 0 Å². The summed E-state index contributed by atoms with van der Waals surface area (Å²) >= 11 is 0. The van der Waals surface area contributed by atoms with Crippen LogP contribution in [-0.2, 0) is 17.6 Å². The number of rotatable bonds is 7. The number of carboxylic acids is 1. The number of ketones is 1. The van der Waals surface area contributed by atoms with E-state index in [0.717, 1.165) is 18.6 Å². The first-order valence-corrected chi connectivity index (χ1v) is 8.38. The SMILES string of the molecule is O=C(O)C(=O)c1ccc(OCCOc2ccc3c(c2)CCCC3)cc1. The van der Waals surface area contributed by atoms with Crippen molar-refractivity contribution in [1.82, 2.24) is 0 Å². The van der Waals surface area contributed by atoms with E-state index in [2.05, 4.69) is 12.1 Å². The van der Waals surface area contributed by atoms with Crippen LogP contribution in [-0.4, -0.2) is 30.1 Å². The number of ether oxygens (including phenoxy) is 2. The molecule has 0 amide bonds. The Morgan fingerprint density at radius 2 is 1.44 bits per heavy atom. The van der Waals surface area contributed by atoms with Crippen molar-refractivity contribution in [2.75, 3.05) is 13.2 Å². The van der Waals surface area contributed by atoms with E-state index in [0.29, 0.717) is 19.0 Å². The fraction of sp³-hybridized carbons (Fsp3) is 0.300. The monoisotopic (exact) mass is 340 g/mol. The zero-order chi connectivity index (χ0) is 17.6. The quantitative estimate of drug-likeness (QED) is 0.476. The first-order valence-electron chi connectivity index (χ1n) is 8.38. The number of carboxylic acid groups (broad SMARTS) is 1. The molecule has 0 saturated heterocycles. The molecule has 0 fully saturated rings. The molecule has 0 heterocycles. The van der Waals surface area contributed by atoms with Gasteiger partial charge in [-0.1, -0.05) is 6.07 Å². The number of hydrogen-bond donors (Lipinski definition) is 1. The van der Waals surface area contributed by atoms with Gasteiger partial charge in [-0.25, -0.2) is 4.79 Å². The molecule has 0 spiro atoms. The maximum absolute atomic E-state index is 11.3. The van der Waals surface area contributed by atoms with Crippen LogP contribution >= 0.6 is 0 Å². The third kappa shape index (κ3) is 4.38. The lowest BCUT2D eigenvalue weighted by atomic mass is 9.92. The lowest BCUT2D eigenvalue weighted by Gasteiger charge is -2.17. The number of carbonyl (C=O) groups excluding carboxylic acids is 1. The van der Waals surface area contributed by atoms with Crippen LogP contribution < -0.4 is 9.47 Å². The van der Waals surface area contributed by atoms with Crippen LogP contribution in [0.4, 0.5) is 0 Å². The molecule has 0 aromatic heterocycles. The molecule has 5 heteroatoms. The van der Waals surface area contributed by atoms with Gasteiger partial charge in [0.1, 0.15) is 24.7 Å². The Bertz CT molecular complexity index is 764. The third-order valence-corrected chi connectivity index (χ3v) is 4.25. The summed E-state index contributed by atoms with van der Waals surface area (Å²) in [6, 6.07) is 12.3. The molecule has 0 unspecified atom stereocenters. The average molecular weight is 340 g/mol. The molecule has 3 rings (SSSR count). The summed E-state index contributed by atoms with van der Waals surface area (Å²) in [4.78, 5) is 21.9. The van der Waals surface area contributed by atoms with Gasteiger partial charge in [-0.05, 0) is 73.2 Å². The van der Waals surface area contributed by atoms with E-state index in [1.54, 1.807) is 12.1 Å². The highest BCUT2D eigenvalue weighted by Crippen LogP contribution is 2.25. The topological polar surface area (TPSA) is 72.8 Å². The number of fused-ring (bicyclic) bond motifs is 1. The summed E-state index contributed by atoms with van der Waals surface area (Å²) in [5.74, 6) is -0.975. The molecule has 5 nitrogen and oxygen atoms in total. The van der Waals surface area contributed by atoms with Gasteiger partial charge < -0.3 is 14.6 Å². The van der Waals surface area contributed by atoms with E-state index in [-0.39, 0.29) is 5.56 Å². The minimum Gasteiger partial charge on any atom is -0.490 e. The van der Waals surface area contributed by atoms with Crippen molar-refractivity contribution in [3.05, 3.63) is 59.2 Å². The Balaban J connectivity index is 1.47. The van der Waals surface area contributed by atoms with Crippen LogP contribution in [0.3, 0.4) is 0 Å². The van der Waals surface area contributed by atoms with Crippen molar-refractivity contribution < 1.29 is 24.2 Å². The smallest absolute Gasteiger partial charge is 0.377 e. The van der Waals surface area contributed by atoms with Crippen molar-refractivity contribution in [2.24, 2.45) is 0 Å². The molecule has 130 valence electrons. The fourth-order valence-corrected chi connectivity index (χ4v) is 2.94. The van der Waals surface area contributed by atoms with E-state index in [1.807, 2.05) is 6.07 Å². The molecule has 1 N–H and O–H groups in total. The molecule has 2 aromatic rings. The molecule has 0 atom stereocenters. The van der Waals surface area contributed by atoms with Gasteiger partial charge in [0.25, 0.3) is 5.78 Å². The first-order chi connectivity index (χ1) is 12.1. The van der Waals surface area contributed by atoms with Gasteiger partial charge in [-0.15, -0.1) is 0 Å². The average Bonchev–Trinajstić information content (AvgIpc) is 2.65. The summed E-state index contributed by atoms with van der Waals surface area (Å²) in [5, 5.41) is 8.66. The van der Waals surface area contributed by atoms with Crippen LogP contribution in [0.5, 0.6) is 11.5 Å². The van der Waals surface area contributed by atoms with Crippen LogP contribution in [0.25, 0.3) is 0 Å². The summed E-state index contributed by atoms with van der Waals surface area (Å²) in [6.45, 7) is 0.776. The van der Waals surface area contributed by atoms with Crippen molar-refractivity contribution >= 4 is 11.8 Å². The number of Topliss-reactive ketones (excluding diaryl/α,β-unsaturated/α-hetero) is 1. The summed E-state index contributed by atoms with van der Waals surface area (Å²) in [7, 11) is 0. The highest BCUT2D eigenvalue weighted by atomic mass is 16.5. The second-order valence-corrected chi connectivity index (χ2v) is 5.99. The van der Waals surface area contributed by atoms with Gasteiger partial charge in [0.05, 0.1) is 0 Å². The maximum Gasteiger partial charge on any atom is 0.377 e. The zero-order valence-electron chi connectivity index (χ0n) is 13.9. The van der Waals surface area contributed by atoms with E-state index in [1.165, 1.54) is 36.1 Å². The van der Waals surface area contributed by atoms with Gasteiger partial charge in [-0.3, -0.25) is 4.79 Å². The van der Waals surface area contributed by atoms with Gasteiger partial charge in [-0.2, -0.15) is 0 Å². The molecule has 1 aliphatic carbocycles. The normalized spacial score (nSPS) is 13.0. The molecular formula is C20H20O5. The molecule has 1 aliphatic rings. The van der Waals surface area contributed by atoms with Crippen molar-refractivity contribution in [3.8, 4) is 11.5 Å². The molecule has 0 saturated carbocycles. The second-order valence-electron chi connectivity index (χ2n) is 5.99. The maximum atomic E-state index is 11.3. The van der Waals surface area contributed by atoms with E-state index < -0.39 is 11.8 Å². The second kappa shape index (κ2) is 7.83. The zero-order valence-corrected chi connectivity index (χ0v) is 13.9. The molecular weight excluding hydrogens is 320 g/mol. The lowest BCUT2D eigenvalue weighted by molar-refractivity contribution is -0.131. The molecule has 25 heavy (non-hydrogen) atoms. The fourth-order valence-electron chi connectivity index (χ4n) is 2.94. The van der Waals surface area contributed by atoms with Crippen LogP contribution in [0.1, 0.15) is 34.3 Å². The van der Waals surface area contributed by atoms with Gasteiger partial charge in [0.2, 0.25) is 0 Å². The predicted octanol–water partition coefficient (Wildman–Crippen LogP) is 3.29. The van der Waals surface area contributed by atoms with Gasteiger partial charge >= 0.3 is 5.97 Å². The minimum atomic E-state index is -1.47. The largest absolute Gasteiger partial charge is 0.490 e. The summed E-state index contributed by atoms with van der Waals surface area (Å²) in [6.07, 6.45) is 4.77. The lowest BCUT2D eigenvalue weighted by Crippen LogP contribution is -2.13. The van der Waals surface area contributed by atoms with Crippen LogP contribution in [0.15, 0.2) is 42.5 Å². The highest BCUT2D eigenvalue weighted by molar-refractivity contribution is 6.39. The van der Waals surface area contributed by atoms with E-state index in [4.69, 9.17) is 14.6 Å². The van der Waals surface area contributed by atoms with E-state index in [9.17, 15) is 9.59 Å². The first kappa shape index (κ1) is 17.0. The minimum absolute atomic E-state index is 0.130. The predicted molar refractivity (Wildman–Crippen MR) is 92.5 cm³/mol. The summed E-state index contributed by atoms with van der Waals surface area (Å²) < 4.78 is 11.3. The Morgan fingerprint density at radius 1 is 0.840 bits per heavy atom. The Labute approximate surface area is 146 Å². The standard InChI is InChI=1S/C20H20O5/c21-19(20(22)23)15-6-8-17(9-7-15)24-11-12-25-18-10-5-14-3-1-2-4-16(14)13-18/h5-10,13H,1-4,11-12H2,(H,22,23). The highest BCUT2D eigenvalue weighted by Gasteiger charge is 2.14. The molecule has 0 bridgehead atoms. The van der Waals surface area contributed by atoms with Crippen molar-refractivity contribution in [2.45, 2.75) is 25.7 Å². The Hall–Kier alpha value is -2.82. The number of carbonyl (C=O) groups is 2. The number of aryl methyl sites for hydroxylation is 2. The number of benzene rings is 2.